The number of methoxy groups -OCH3 is 1. The average Bonchev–Trinajstić information content (AvgIpc) is 2.55. The van der Waals surface area contributed by atoms with Gasteiger partial charge in [-0.3, -0.25) is 4.72 Å². The van der Waals surface area contributed by atoms with Crippen LogP contribution in [0.5, 0.6) is 11.5 Å². The van der Waals surface area contributed by atoms with Gasteiger partial charge in [-0.05, 0) is 67.8 Å². The van der Waals surface area contributed by atoms with Gasteiger partial charge in [0.15, 0.2) is 0 Å². The van der Waals surface area contributed by atoms with Gasteiger partial charge in [0.1, 0.15) is 11.5 Å². The second-order valence-electron chi connectivity index (χ2n) is 6.35. The van der Waals surface area contributed by atoms with Crippen LogP contribution in [0.15, 0.2) is 47.4 Å². The van der Waals surface area contributed by atoms with Gasteiger partial charge >= 0.3 is 0 Å². The topological polar surface area (TPSA) is 64.6 Å². The summed E-state index contributed by atoms with van der Waals surface area (Å²) < 4.78 is 38.8. The third-order valence-electron chi connectivity index (χ3n) is 3.61. The molecule has 6 heteroatoms. The summed E-state index contributed by atoms with van der Waals surface area (Å²) in [6, 6.07) is 11.7. The zero-order chi connectivity index (χ0) is 18.6. The predicted octanol–water partition coefficient (Wildman–Crippen LogP) is 4.41. The molecule has 25 heavy (non-hydrogen) atoms. The van der Waals surface area contributed by atoms with Crippen LogP contribution in [0.25, 0.3) is 0 Å². The van der Waals surface area contributed by atoms with Crippen molar-refractivity contribution in [2.75, 3.05) is 11.8 Å². The molecule has 136 valence electrons. The van der Waals surface area contributed by atoms with E-state index in [2.05, 4.69) is 4.72 Å². The maximum absolute atomic E-state index is 12.7. The molecule has 0 saturated heterocycles. The minimum atomic E-state index is -3.68. The summed E-state index contributed by atoms with van der Waals surface area (Å²) in [5, 5.41) is 0. The highest BCUT2D eigenvalue weighted by molar-refractivity contribution is 7.92. The Labute approximate surface area is 150 Å². The lowest BCUT2D eigenvalue weighted by Gasteiger charge is -2.15. The van der Waals surface area contributed by atoms with Gasteiger partial charge in [-0.25, -0.2) is 8.42 Å². The van der Waals surface area contributed by atoms with Crippen LogP contribution in [0.1, 0.15) is 39.2 Å². The number of rotatable bonds is 7. The van der Waals surface area contributed by atoms with E-state index < -0.39 is 10.0 Å². The number of anilines is 1. The third-order valence-corrected chi connectivity index (χ3v) is 4.99. The van der Waals surface area contributed by atoms with Crippen LogP contribution in [0.2, 0.25) is 0 Å². The third kappa shape index (κ3) is 4.89. The lowest BCUT2D eigenvalue weighted by molar-refractivity contribution is 0.242. The molecule has 5 nitrogen and oxygen atoms in total. The van der Waals surface area contributed by atoms with Crippen LogP contribution in [0.3, 0.4) is 0 Å². The summed E-state index contributed by atoms with van der Waals surface area (Å²) >= 11 is 0. The van der Waals surface area contributed by atoms with Crippen molar-refractivity contribution in [3.63, 3.8) is 0 Å². The molecule has 0 aliphatic rings. The van der Waals surface area contributed by atoms with Crippen LogP contribution in [0, 0.1) is 0 Å². The summed E-state index contributed by atoms with van der Waals surface area (Å²) in [4.78, 5) is 0.208. The summed E-state index contributed by atoms with van der Waals surface area (Å²) in [6.45, 7) is 7.86. The molecule has 0 spiro atoms. The van der Waals surface area contributed by atoms with Crippen molar-refractivity contribution in [1.29, 1.82) is 0 Å². The van der Waals surface area contributed by atoms with Crippen molar-refractivity contribution < 1.29 is 17.9 Å². The number of ether oxygens (including phenoxy) is 2. The SMILES string of the molecule is COc1ccc(S(=O)(=O)Nc2ccc(OC(C)C)cc2)cc1C(C)C. The minimum absolute atomic E-state index is 0.0660. The summed E-state index contributed by atoms with van der Waals surface area (Å²) in [5.74, 6) is 1.53. The highest BCUT2D eigenvalue weighted by Crippen LogP contribution is 2.29. The fraction of sp³-hybridized carbons (Fsp3) is 0.368. The van der Waals surface area contributed by atoms with E-state index in [1.165, 1.54) is 0 Å². The summed E-state index contributed by atoms with van der Waals surface area (Å²) in [7, 11) is -2.10. The van der Waals surface area contributed by atoms with E-state index in [0.29, 0.717) is 17.2 Å². The van der Waals surface area contributed by atoms with E-state index >= 15 is 0 Å². The fourth-order valence-electron chi connectivity index (χ4n) is 2.42. The van der Waals surface area contributed by atoms with Gasteiger partial charge in [0.25, 0.3) is 10.0 Å². The number of sulfonamides is 1. The van der Waals surface area contributed by atoms with E-state index in [-0.39, 0.29) is 16.9 Å². The zero-order valence-electron chi connectivity index (χ0n) is 15.2. The fourth-order valence-corrected chi connectivity index (χ4v) is 3.51. The maximum atomic E-state index is 12.7. The first-order valence-corrected chi connectivity index (χ1v) is 9.68. The molecule has 0 aliphatic heterocycles. The number of nitrogens with one attached hydrogen (secondary N) is 1. The Bertz CT molecular complexity index is 812. The summed E-state index contributed by atoms with van der Waals surface area (Å²) in [5.41, 5.74) is 1.34. The number of hydrogen-bond acceptors (Lipinski definition) is 4. The smallest absolute Gasteiger partial charge is 0.261 e. The van der Waals surface area contributed by atoms with E-state index in [4.69, 9.17) is 9.47 Å². The molecule has 0 saturated carbocycles. The van der Waals surface area contributed by atoms with Crippen molar-refractivity contribution >= 4 is 15.7 Å². The first kappa shape index (κ1) is 19.1. The Morgan fingerprint density at radius 2 is 1.60 bits per heavy atom. The molecule has 2 rings (SSSR count). The van der Waals surface area contributed by atoms with E-state index in [1.807, 2.05) is 27.7 Å². The largest absolute Gasteiger partial charge is 0.496 e. The van der Waals surface area contributed by atoms with Gasteiger partial charge in [0.2, 0.25) is 0 Å². The van der Waals surface area contributed by atoms with Crippen molar-refractivity contribution in [2.24, 2.45) is 0 Å². The van der Waals surface area contributed by atoms with Crippen LogP contribution >= 0.6 is 0 Å². The summed E-state index contributed by atoms with van der Waals surface area (Å²) in [6.07, 6.45) is 0.0660. The maximum Gasteiger partial charge on any atom is 0.261 e. The molecular formula is C19H25NO4S. The van der Waals surface area contributed by atoms with Crippen LogP contribution in [-0.4, -0.2) is 21.6 Å². The van der Waals surface area contributed by atoms with Gasteiger partial charge in [-0.15, -0.1) is 0 Å². The van der Waals surface area contributed by atoms with Crippen LogP contribution in [0.4, 0.5) is 5.69 Å². The molecule has 0 fully saturated rings. The van der Waals surface area contributed by atoms with Crippen molar-refractivity contribution in [1.82, 2.24) is 0 Å². The van der Waals surface area contributed by atoms with Crippen molar-refractivity contribution in [3.05, 3.63) is 48.0 Å². The number of benzene rings is 2. The highest BCUT2D eigenvalue weighted by atomic mass is 32.2. The van der Waals surface area contributed by atoms with Gasteiger partial charge in [0, 0.05) is 5.69 Å². The molecule has 0 aliphatic carbocycles. The molecule has 0 heterocycles. The Hall–Kier alpha value is -2.21. The van der Waals surface area contributed by atoms with Gasteiger partial charge in [0.05, 0.1) is 18.1 Å². The molecule has 0 bridgehead atoms. The molecular weight excluding hydrogens is 338 g/mol. The van der Waals surface area contributed by atoms with Gasteiger partial charge in [-0.2, -0.15) is 0 Å². The van der Waals surface area contributed by atoms with E-state index in [1.54, 1.807) is 49.6 Å². The standard InChI is InChI=1S/C19H25NO4S/c1-13(2)18-12-17(10-11-19(18)23-5)25(21,22)20-15-6-8-16(9-7-15)24-14(3)4/h6-14,20H,1-5H3. The minimum Gasteiger partial charge on any atom is -0.496 e. The second kappa shape index (κ2) is 7.78. The molecule has 0 atom stereocenters. The number of hydrogen-bond donors (Lipinski definition) is 1. The first-order valence-electron chi connectivity index (χ1n) is 8.20. The van der Waals surface area contributed by atoms with E-state index in [9.17, 15) is 8.42 Å². The van der Waals surface area contributed by atoms with E-state index in [0.717, 1.165) is 5.56 Å². The first-order chi connectivity index (χ1) is 11.7. The molecule has 1 N–H and O–H groups in total. The average molecular weight is 363 g/mol. The molecule has 0 aromatic heterocycles. The predicted molar refractivity (Wildman–Crippen MR) is 100 cm³/mol. The molecule has 2 aromatic carbocycles. The molecule has 0 amide bonds. The van der Waals surface area contributed by atoms with Crippen molar-refractivity contribution in [3.8, 4) is 11.5 Å². The monoisotopic (exact) mass is 363 g/mol. The molecule has 2 aromatic rings. The lowest BCUT2D eigenvalue weighted by atomic mass is 10.0. The highest BCUT2D eigenvalue weighted by Gasteiger charge is 2.18. The zero-order valence-corrected chi connectivity index (χ0v) is 16.1. The van der Waals surface area contributed by atoms with Crippen LogP contribution < -0.4 is 14.2 Å². The quantitative estimate of drug-likeness (QED) is 0.791. The van der Waals surface area contributed by atoms with Gasteiger partial charge < -0.3 is 9.47 Å². The second-order valence-corrected chi connectivity index (χ2v) is 8.04. The Morgan fingerprint density at radius 1 is 0.960 bits per heavy atom. The van der Waals surface area contributed by atoms with Crippen LogP contribution in [-0.2, 0) is 10.0 Å². The normalized spacial score (nSPS) is 11.6. The Kier molecular flexibility index (Phi) is 5.95. The molecule has 0 unspecified atom stereocenters. The van der Waals surface area contributed by atoms with Gasteiger partial charge in [-0.1, -0.05) is 13.8 Å². The molecule has 0 radical (unpaired) electrons. The Balaban J connectivity index is 2.25. The lowest BCUT2D eigenvalue weighted by Crippen LogP contribution is -2.13. The van der Waals surface area contributed by atoms with Crippen molar-refractivity contribution in [2.45, 2.75) is 44.6 Å². The Morgan fingerprint density at radius 3 is 2.12 bits per heavy atom.